The lowest BCUT2D eigenvalue weighted by Gasteiger charge is -2.20. The lowest BCUT2D eigenvalue weighted by atomic mass is 9.91. The van der Waals surface area contributed by atoms with Crippen molar-refractivity contribution in [3.8, 4) is 0 Å². The normalized spacial score (nSPS) is 12.9. The van der Waals surface area contributed by atoms with Crippen molar-refractivity contribution in [2.45, 2.75) is 65.4 Å². The zero-order valence-corrected chi connectivity index (χ0v) is 12.2. The van der Waals surface area contributed by atoms with Gasteiger partial charge >= 0.3 is 0 Å². The molecule has 1 aromatic carbocycles. The third-order valence-corrected chi connectivity index (χ3v) is 3.89. The maximum absolute atomic E-state index is 10.3. The van der Waals surface area contributed by atoms with Crippen molar-refractivity contribution in [1.82, 2.24) is 0 Å². The van der Waals surface area contributed by atoms with E-state index in [9.17, 15) is 5.11 Å². The van der Waals surface area contributed by atoms with Crippen LogP contribution in [0.5, 0.6) is 0 Å². The van der Waals surface area contributed by atoms with E-state index in [1.807, 2.05) is 0 Å². The molecule has 1 nitrogen and oxygen atoms in total. The lowest BCUT2D eigenvalue weighted by molar-refractivity contribution is 0.103. The van der Waals surface area contributed by atoms with Crippen molar-refractivity contribution < 1.29 is 5.11 Å². The van der Waals surface area contributed by atoms with Crippen LogP contribution in [0.2, 0.25) is 0 Å². The molecule has 0 radical (unpaired) electrons. The second-order valence-electron chi connectivity index (χ2n) is 5.22. The van der Waals surface area contributed by atoms with Gasteiger partial charge in [0.1, 0.15) is 0 Å². The molecule has 18 heavy (non-hydrogen) atoms. The summed E-state index contributed by atoms with van der Waals surface area (Å²) in [5, 5.41) is 10.3. The summed E-state index contributed by atoms with van der Waals surface area (Å²) in [7, 11) is 0. The molecule has 102 valence electrons. The highest BCUT2D eigenvalue weighted by atomic mass is 16.3. The molecule has 0 bridgehead atoms. The van der Waals surface area contributed by atoms with E-state index in [4.69, 9.17) is 0 Å². The van der Waals surface area contributed by atoms with Gasteiger partial charge in [0.15, 0.2) is 0 Å². The standard InChI is InChI=1S/C17H28O/c1-4-7-8-9-14-10-12-16(13-11-14)17(18)15(5-2)6-3/h10-13,15,17-18H,4-9H2,1-3H3. The molecule has 0 aromatic heterocycles. The number of aliphatic hydroxyl groups is 1. The Hall–Kier alpha value is -0.820. The molecule has 1 atom stereocenters. The number of aryl methyl sites for hydroxylation is 1. The van der Waals surface area contributed by atoms with Crippen molar-refractivity contribution in [3.63, 3.8) is 0 Å². The summed E-state index contributed by atoms with van der Waals surface area (Å²) in [6.45, 7) is 6.53. The Kier molecular flexibility index (Phi) is 7.04. The van der Waals surface area contributed by atoms with Crippen LogP contribution in [-0.2, 0) is 6.42 Å². The first kappa shape index (κ1) is 15.2. The molecule has 1 rings (SSSR count). The van der Waals surface area contributed by atoms with Crippen LogP contribution in [0.3, 0.4) is 0 Å². The Morgan fingerprint density at radius 1 is 0.944 bits per heavy atom. The highest BCUT2D eigenvalue weighted by Gasteiger charge is 2.16. The largest absolute Gasteiger partial charge is 0.388 e. The minimum atomic E-state index is -0.301. The van der Waals surface area contributed by atoms with Crippen LogP contribution in [0.15, 0.2) is 24.3 Å². The van der Waals surface area contributed by atoms with Crippen molar-refractivity contribution in [2.75, 3.05) is 0 Å². The van der Waals surface area contributed by atoms with Crippen LogP contribution in [0.25, 0.3) is 0 Å². The first-order valence-electron chi connectivity index (χ1n) is 7.49. The number of hydrogen-bond acceptors (Lipinski definition) is 1. The van der Waals surface area contributed by atoms with Gasteiger partial charge in [-0.3, -0.25) is 0 Å². The predicted octanol–water partition coefficient (Wildman–Crippen LogP) is 4.89. The maximum atomic E-state index is 10.3. The smallest absolute Gasteiger partial charge is 0.0818 e. The molecule has 0 aliphatic rings. The van der Waals surface area contributed by atoms with Crippen LogP contribution in [0.4, 0.5) is 0 Å². The molecule has 0 saturated carbocycles. The molecule has 0 heterocycles. The van der Waals surface area contributed by atoms with Gasteiger partial charge in [0, 0.05) is 0 Å². The summed E-state index contributed by atoms with van der Waals surface area (Å²) in [6.07, 6.45) is 6.78. The molecule has 0 saturated heterocycles. The SMILES string of the molecule is CCCCCc1ccc(C(O)C(CC)CC)cc1. The van der Waals surface area contributed by atoms with E-state index < -0.39 is 0 Å². The van der Waals surface area contributed by atoms with Gasteiger partial charge in [0.2, 0.25) is 0 Å². The lowest BCUT2D eigenvalue weighted by Crippen LogP contribution is -2.10. The van der Waals surface area contributed by atoms with E-state index in [0.29, 0.717) is 5.92 Å². The average Bonchev–Trinajstić information content (AvgIpc) is 2.41. The Morgan fingerprint density at radius 3 is 2.06 bits per heavy atom. The van der Waals surface area contributed by atoms with Gasteiger partial charge in [-0.15, -0.1) is 0 Å². The maximum Gasteiger partial charge on any atom is 0.0818 e. The second-order valence-corrected chi connectivity index (χ2v) is 5.22. The van der Waals surface area contributed by atoms with Gasteiger partial charge in [0.25, 0.3) is 0 Å². The van der Waals surface area contributed by atoms with Crippen LogP contribution in [-0.4, -0.2) is 5.11 Å². The van der Waals surface area contributed by atoms with Gasteiger partial charge in [-0.25, -0.2) is 0 Å². The van der Waals surface area contributed by atoms with Crippen LogP contribution < -0.4 is 0 Å². The first-order chi connectivity index (χ1) is 8.72. The summed E-state index contributed by atoms with van der Waals surface area (Å²) in [5.41, 5.74) is 2.46. The number of hydrogen-bond donors (Lipinski definition) is 1. The summed E-state index contributed by atoms with van der Waals surface area (Å²) >= 11 is 0. The van der Waals surface area contributed by atoms with E-state index in [2.05, 4.69) is 45.0 Å². The molecule has 1 heteroatoms. The number of aliphatic hydroxyl groups excluding tert-OH is 1. The van der Waals surface area contributed by atoms with Gasteiger partial charge in [-0.05, 0) is 29.9 Å². The van der Waals surface area contributed by atoms with Gasteiger partial charge in [0.05, 0.1) is 6.10 Å². The minimum absolute atomic E-state index is 0.301. The molecule has 0 spiro atoms. The van der Waals surface area contributed by atoms with Crippen molar-refractivity contribution in [1.29, 1.82) is 0 Å². The van der Waals surface area contributed by atoms with Gasteiger partial charge in [-0.2, -0.15) is 0 Å². The Labute approximate surface area is 112 Å². The monoisotopic (exact) mass is 248 g/mol. The molecule has 0 aliphatic carbocycles. The van der Waals surface area contributed by atoms with Gasteiger partial charge in [-0.1, -0.05) is 70.7 Å². The van der Waals surface area contributed by atoms with E-state index in [1.54, 1.807) is 0 Å². The molecule has 0 fully saturated rings. The molecule has 1 aromatic rings. The number of rotatable bonds is 8. The van der Waals surface area contributed by atoms with Crippen molar-refractivity contribution >= 4 is 0 Å². The van der Waals surface area contributed by atoms with Crippen LogP contribution in [0, 0.1) is 5.92 Å². The molecular weight excluding hydrogens is 220 g/mol. The zero-order chi connectivity index (χ0) is 13.4. The fraction of sp³-hybridized carbons (Fsp3) is 0.647. The van der Waals surface area contributed by atoms with Crippen molar-refractivity contribution in [2.24, 2.45) is 5.92 Å². The Morgan fingerprint density at radius 2 is 1.56 bits per heavy atom. The molecule has 1 N–H and O–H groups in total. The van der Waals surface area contributed by atoms with Crippen molar-refractivity contribution in [3.05, 3.63) is 35.4 Å². The molecule has 0 amide bonds. The second kappa shape index (κ2) is 8.31. The topological polar surface area (TPSA) is 20.2 Å². The first-order valence-corrected chi connectivity index (χ1v) is 7.49. The summed E-state index contributed by atoms with van der Waals surface area (Å²) in [6, 6.07) is 8.56. The Balaban J connectivity index is 2.58. The fourth-order valence-electron chi connectivity index (χ4n) is 2.47. The third kappa shape index (κ3) is 4.45. The highest BCUT2D eigenvalue weighted by molar-refractivity contribution is 5.24. The predicted molar refractivity (Wildman–Crippen MR) is 78.7 cm³/mol. The third-order valence-electron chi connectivity index (χ3n) is 3.89. The fourth-order valence-corrected chi connectivity index (χ4v) is 2.47. The van der Waals surface area contributed by atoms with E-state index in [0.717, 1.165) is 24.8 Å². The molecule has 0 aliphatic heterocycles. The van der Waals surface area contributed by atoms with E-state index >= 15 is 0 Å². The number of benzene rings is 1. The quantitative estimate of drug-likeness (QED) is 0.649. The molecule has 1 unspecified atom stereocenters. The summed E-state index contributed by atoms with van der Waals surface area (Å²) in [4.78, 5) is 0. The number of unbranched alkanes of at least 4 members (excludes halogenated alkanes) is 2. The molecular formula is C17H28O. The Bertz CT molecular complexity index is 311. The minimum Gasteiger partial charge on any atom is -0.388 e. The van der Waals surface area contributed by atoms with Crippen LogP contribution in [0.1, 0.15) is 70.1 Å². The summed E-state index contributed by atoms with van der Waals surface area (Å²) in [5.74, 6) is 0.385. The van der Waals surface area contributed by atoms with E-state index in [1.165, 1.54) is 24.8 Å². The van der Waals surface area contributed by atoms with E-state index in [-0.39, 0.29) is 6.10 Å². The van der Waals surface area contributed by atoms with Gasteiger partial charge < -0.3 is 5.11 Å². The van der Waals surface area contributed by atoms with Crippen LogP contribution >= 0.6 is 0 Å². The average molecular weight is 248 g/mol. The highest BCUT2D eigenvalue weighted by Crippen LogP contribution is 2.27. The summed E-state index contributed by atoms with van der Waals surface area (Å²) < 4.78 is 0. The zero-order valence-electron chi connectivity index (χ0n) is 12.2.